The number of amides is 1. The van der Waals surface area contributed by atoms with Crippen LogP contribution in [0.4, 0.5) is 23.7 Å². The second kappa shape index (κ2) is 8.80. The van der Waals surface area contributed by atoms with Crippen molar-refractivity contribution in [2.24, 2.45) is 11.8 Å². The first-order valence-corrected chi connectivity index (χ1v) is 11.2. The first kappa shape index (κ1) is 24.1. The molecule has 36 heavy (non-hydrogen) atoms. The van der Waals surface area contributed by atoms with Crippen molar-refractivity contribution in [2.45, 2.75) is 18.1 Å². The molecule has 2 aromatic carbocycles. The number of hydrogen-bond donors (Lipinski definition) is 1. The zero-order valence-electron chi connectivity index (χ0n) is 18.7. The molecule has 4 atom stereocenters. The lowest BCUT2D eigenvalue weighted by Crippen LogP contribution is -2.26. The van der Waals surface area contributed by atoms with Crippen LogP contribution in [0.25, 0.3) is 11.1 Å². The Balaban J connectivity index is 0.00000267. The molecule has 2 aliphatic heterocycles. The molecule has 3 aliphatic rings. The van der Waals surface area contributed by atoms with Gasteiger partial charge in [-0.2, -0.15) is 5.26 Å². The van der Waals surface area contributed by atoms with Gasteiger partial charge in [0.25, 0.3) is 0 Å². The van der Waals surface area contributed by atoms with Crippen LogP contribution < -0.4 is 10.2 Å². The monoisotopic (exact) mass is 516 g/mol. The lowest BCUT2D eigenvalue weighted by molar-refractivity contribution is 0.129. The highest BCUT2D eigenvalue weighted by Crippen LogP contribution is 2.61. The zero-order valence-corrected chi connectivity index (χ0v) is 19.5. The lowest BCUT2D eigenvalue weighted by atomic mass is 9.89. The van der Waals surface area contributed by atoms with Gasteiger partial charge in [0.15, 0.2) is 0 Å². The second-order valence-electron chi connectivity index (χ2n) is 9.07. The molecule has 8 nitrogen and oxygen atoms in total. The maximum atomic E-state index is 15.1. The summed E-state index contributed by atoms with van der Waals surface area (Å²) in [5, 5.41) is 20.4. The van der Waals surface area contributed by atoms with E-state index >= 15 is 13.2 Å². The molecule has 0 spiro atoms. The van der Waals surface area contributed by atoms with Crippen LogP contribution in [0.5, 0.6) is 0 Å². The smallest absolute Gasteiger partial charge is 0.414 e. The number of anilines is 1. The number of fused-ring (bicyclic) bond motifs is 1. The summed E-state index contributed by atoms with van der Waals surface area (Å²) in [6, 6.07) is 8.26. The van der Waals surface area contributed by atoms with Crippen molar-refractivity contribution in [1.82, 2.24) is 20.3 Å². The van der Waals surface area contributed by atoms with Gasteiger partial charge in [0, 0.05) is 36.7 Å². The molecule has 1 unspecified atom stereocenters. The van der Waals surface area contributed by atoms with Crippen LogP contribution in [-0.4, -0.2) is 46.8 Å². The number of piperidine rings is 1. The summed E-state index contributed by atoms with van der Waals surface area (Å²) in [7, 11) is 0. The van der Waals surface area contributed by atoms with E-state index in [1.165, 1.54) is 23.0 Å². The molecular weight excluding hydrogens is 497 g/mol. The van der Waals surface area contributed by atoms with Crippen molar-refractivity contribution < 1.29 is 22.7 Å². The Labute approximate surface area is 210 Å². The number of cyclic esters (lactones) is 1. The average molecular weight is 517 g/mol. The van der Waals surface area contributed by atoms with E-state index in [0.717, 1.165) is 23.1 Å². The number of nitrogens with one attached hydrogen (secondary N) is 1. The first-order chi connectivity index (χ1) is 16.9. The number of ether oxygens (including phenoxy) is 1. The fourth-order valence-electron chi connectivity index (χ4n) is 5.53. The van der Waals surface area contributed by atoms with Crippen LogP contribution in [0.3, 0.4) is 0 Å². The van der Waals surface area contributed by atoms with E-state index in [4.69, 9.17) is 4.74 Å². The van der Waals surface area contributed by atoms with Gasteiger partial charge in [-0.1, -0.05) is 17.3 Å². The summed E-state index contributed by atoms with van der Waals surface area (Å²) in [4.78, 5) is 13.5. The average Bonchev–Trinajstić information content (AvgIpc) is 3.35. The zero-order chi connectivity index (χ0) is 24.3. The minimum atomic E-state index is -0.942. The Bertz CT molecular complexity index is 1350. The van der Waals surface area contributed by atoms with E-state index in [2.05, 4.69) is 21.7 Å². The van der Waals surface area contributed by atoms with Gasteiger partial charge in [-0.3, -0.25) is 4.90 Å². The van der Waals surface area contributed by atoms with Crippen LogP contribution in [0.1, 0.15) is 5.56 Å². The summed E-state index contributed by atoms with van der Waals surface area (Å²) in [5.41, 5.74) is -1.04. The van der Waals surface area contributed by atoms with Gasteiger partial charge in [-0.05, 0) is 23.8 Å². The van der Waals surface area contributed by atoms with Crippen molar-refractivity contribution in [3.05, 3.63) is 65.7 Å². The fourth-order valence-corrected chi connectivity index (χ4v) is 5.53. The first-order valence-electron chi connectivity index (χ1n) is 11.2. The van der Waals surface area contributed by atoms with Crippen LogP contribution in [-0.2, 0) is 16.7 Å². The second-order valence-corrected chi connectivity index (χ2v) is 9.07. The van der Waals surface area contributed by atoms with E-state index in [1.807, 2.05) is 0 Å². The van der Waals surface area contributed by atoms with Crippen LogP contribution in [0.15, 0.2) is 42.7 Å². The van der Waals surface area contributed by atoms with Gasteiger partial charge in [-0.15, -0.1) is 17.5 Å². The molecular formula is C24H20ClF3N6O2. The molecule has 1 aromatic heterocycles. The highest BCUT2D eigenvalue weighted by Gasteiger charge is 2.68. The molecule has 1 aliphatic carbocycles. The predicted octanol–water partition coefficient (Wildman–Crippen LogP) is 3.42. The Morgan fingerprint density at radius 2 is 1.86 bits per heavy atom. The summed E-state index contributed by atoms with van der Waals surface area (Å²) < 4.78 is 52.1. The summed E-state index contributed by atoms with van der Waals surface area (Å²) >= 11 is 0. The fraction of sp³-hybridized carbons (Fsp3) is 0.333. The van der Waals surface area contributed by atoms with Gasteiger partial charge in [0.1, 0.15) is 23.6 Å². The van der Waals surface area contributed by atoms with E-state index < -0.39 is 40.6 Å². The number of nitrogens with zero attached hydrogens (tertiary/aromatic N) is 5. The van der Waals surface area contributed by atoms with Crippen molar-refractivity contribution in [3.63, 3.8) is 0 Å². The van der Waals surface area contributed by atoms with E-state index in [0.29, 0.717) is 13.1 Å². The minimum Gasteiger partial charge on any atom is -0.442 e. The van der Waals surface area contributed by atoms with Crippen molar-refractivity contribution in [3.8, 4) is 17.2 Å². The number of nitriles is 1. The highest BCUT2D eigenvalue weighted by molar-refractivity contribution is 5.90. The number of carbonyl (C=O) groups is 1. The van der Waals surface area contributed by atoms with E-state index in [1.54, 1.807) is 6.20 Å². The third-order valence-electron chi connectivity index (χ3n) is 7.24. The molecule has 2 saturated heterocycles. The normalized spacial score (nSPS) is 26.2. The standard InChI is InChI=1S/C24H19F3N6O2.ClH/c25-19-5-13(1-2-16(19)24(12-28)17-8-29-9-18(17)24)22-20(26)6-14(7-21(22)27)33-11-15(35-23(33)34)10-32-4-3-30-31-32;/h1-7,15,17-18,29H,8-11H2;1H/t15-,17-,18+,24?;/m0./s1. The van der Waals surface area contributed by atoms with Crippen LogP contribution in [0.2, 0.25) is 0 Å². The molecule has 186 valence electrons. The van der Waals surface area contributed by atoms with E-state index in [9.17, 15) is 10.1 Å². The number of benzene rings is 2. The molecule has 1 amide bonds. The Morgan fingerprint density at radius 1 is 1.14 bits per heavy atom. The SMILES string of the molecule is Cl.N#CC1(c2ccc(-c3c(F)cc(N4C[C@H](Cn5ccnn5)OC4=O)cc3F)cc2F)[C@@H]2CNC[C@@H]21. The maximum Gasteiger partial charge on any atom is 0.414 e. The van der Waals surface area contributed by atoms with Gasteiger partial charge in [-0.25, -0.2) is 22.6 Å². The molecule has 12 heteroatoms. The molecule has 1 saturated carbocycles. The van der Waals surface area contributed by atoms with Crippen molar-refractivity contribution >= 4 is 24.2 Å². The maximum absolute atomic E-state index is 15.1. The largest absolute Gasteiger partial charge is 0.442 e. The lowest BCUT2D eigenvalue weighted by Gasteiger charge is -2.17. The number of carbonyl (C=O) groups excluding carboxylic acids is 1. The summed E-state index contributed by atoms with van der Waals surface area (Å²) in [5.74, 6) is -2.48. The molecule has 3 fully saturated rings. The van der Waals surface area contributed by atoms with E-state index in [-0.39, 0.29) is 54.1 Å². The van der Waals surface area contributed by atoms with Gasteiger partial charge >= 0.3 is 6.09 Å². The number of rotatable bonds is 5. The molecule has 3 heterocycles. The Morgan fingerprint density at radius 3 is 2.47 bits per heavy atom. The molecule has 1 N–H and O–H groups in total. The predicted molar refractivity (Wildman–Crippen MR) is 124 cm³/mol. The Kier molecular flexibility index (Phi) is 5.89. The quantitative estimate of drug-likeness (QED) is 0.558. The number of halogens is 4. The van der Waals surface area contributed by atoms with Gasteiger partial charge < -0.3 is 10.1 Å². The third kappa shape index (κ3) is 3.60. The van der Waals surface area contributed by atoms with Crippen molar-refractivity contribution in [2.75, 3.05) is 24.5 Å². The topological polar surface area (TPSA) is 96.1 Å². The van der Waals surface area contributed by atoms with Crippen molar-refractivity contribution in [1.29, 1.82) is 5.26 Å². The minimum absolute atomic E-state index is 0. The number of hydrogen-bond acceptors (Lipinski definition) is 6. The van der Waals surface area contributed by atoms with Gasteiger partial charge in [0.2, 0.25) is 0 Å². The number of aromatic nitrogens is 3. The molecule has 6 rings (SSSR count). The summed E-state index contributed by atoms with van der Waals surface area (Å²) in [6.45, 7) is 1.61. The van der Waals surface area contributed by atoms with Crippen LogP contribution in [0, 0.1) is 40.6 Å². The molecule has 0 bridgehead atoms. The Hall–Kier alpha value is -3.62. The third-order valence-corrected chi connectivity index (χ3v) is 7.24. The van der Waals surface area contributed by atoms with Gasteiger partial charge in [0.05, 0.1) is 42.0 Å². The summed E-state index contributed by atoms with van der Waals surface area (Å²) in [6.07, 6.45) is 1.80. The molecule has 0 radical (unpaired) electrons. The van der Waals surface area contributed by atoms with Crippen LogP contribution >= 0.6 is 12.4 Å². The highest BCUT2D eigenvalue weighted by atomic mass is 35.5. The molecule has 3 aromatic rings.